The number of hydrogen-bond acceptors (Lipinski definition) is 6. The van der Waals surface area contributed by atoms with Gasteiger partial charge in [-0.2, -0.15) is 0 Å². The minimum absolute atomic E-state index is 0.0374. The second kappa shape index (κ2) is 5.69. The molecule has 3 fully saturated rings. The Morgan fingerprint density at radius 3 is 1.95 bits per heavy atom. The molecular formula is C16H29NO5. The Kier molecular flexibility index (Phi) is 4.29. The summed E-state index contributed by atoms with van der Waals surface area (Å²) in [5.41, 5.74) is -2.96. The van der Waals surface area contributed by atoms with Gasteiger partial charge >= 0.3 is 0 Å². The normalized spacial score (nSPS) is 54.0. The van der Waals surface area contributed by atoms with Crippen molar-refractivity contribution in [2.45, 2.75) is 80.5 Å². The lowest BCUT2D eigenvalue weighted by atomic mass is 9.57. The van der Waals surface area contributed by atoms with Crippen LogP contribution in [0.1, 0.15) is 44.9 Å². The first-order valence-electron chi connectivity index (χ1n) is 8.45. The van der Waals surface area contributed by atoms with Gasteiger partial charge in [0, 0.05) is 31.2 Å². The molecule has 1 aliphatic heterocycles. The summed E-state index contributed by atoms with van der Waals surface area (Å²) in [6, 6.07) is 0.196. The fourth-order valence-electron chi connectivity index (χ4n) is 4.95. The zero-order chi connectivity index (χ0) is 16.1. The summed E-state index contributed by atoms with van der Waals surface area (Å²) in [5, 5.41) is 52.1. The van der Waals surface area contributed by atoms with Crippen molar-refractivity contribution in [3.63, 3.8) is 0 Å². The largest absolute Gasteiger partial charge is 0.393 e. The molecule has 22 heavy (non-hydrogen) atoms. The van der Waals surface area contributed by atoms with Gasteiger partial charge in [-0.05, 0) is 32.9 Å². The highest BCUT2D eigenvalue weighted by Gasteiger charge is 2.61. The summed E-state index contributed by atoms with van der Waals surface area (Å²) in [6.45, 7) is 0.984. The van der Waals surface area contributed by atoms with Crippen LogP contribution in [0, 0.1) is 5.92 Å². The van der Waals surface area contributed by atoms with Gasteiger partial charge in [0.2, 0.25) is 0 Å². The summed E-state index contributed by atoms with van der Waals surface area (Å²) in [5.74, 6) is -0.113. The van der Waals surface area contributed by atoms with Gasteiger partial charge in [0.1, 0.15) is 0 Å². The van der Waals surface area contributed by atoms with Crippen molar-refractivity contribution in [1.82, 2.24) is 4.90 Å². The molecule has 2 aliphatic carbocycles. The van der Waals surface area contributed by atoms with Crippen molar-refractivity contribution in [3.8, 4) is 0 Å². The predicted molar refractivity (Wildman–Crippen MR) is 80.1 cm³/mol. The molecule has 2 saturated carbocycles. The van der Waals surface area contributed by atoms with Crippen LogP contribution in [0.3, 0.4) is 0 Å². The fourth-order valence-corrected chi connectivity index (χ4v) is 4.95. The molecule has 0 radical (unpaired) electrons. The summed E-state index contributed by atoms with van der Waals surface area (Å²) in [7, 11) is 2.04. The van der Waals surface area contributed by atoms with Crippen molar-refractivity contribution < 1.29 is 25.5 Å². The number of rotatable bonds is 1. The van der Waals surface area contributed by atoms with Crippen molar-refractivity contribution in [1.29, 1.82) is 0 Å². The minimum atomic E-state index is -1.52. The Bertz CT molecular complexity index is 421. The molecule has 5 N–H and O–H groups in total. The van der Waals surface area contributed by atoms with Crippen LogP contribution in [0.15, 0.2) is 0 Å². The highest BCUT2D eigenvalue weighted by molar-refractivity contribution is 5.13. The molecule has 0 amide bonds. The summed E-state index contributed by atoms with van der Waals surface area (Å²) >= 11 is 0. The van der Waals surface area contributed by atoms with Crippen molar-refractivity contribution >= 4 is 0 Å². The van der Waals surface area contributed by atoms with Gasteiger partial charge in [-0.15, -0.1) is 0 Å². The van der Waals surface area contributed by atoms with Crippen LogP contribution < -0.4 is 0 Å². The molecule has 6 heteroatoms. The van der Waals surface area contributed by atoms with Crippen LogP contribution in [-0.2, 0) is 0 Å². The third-order valence-corrected chi connectivity index (χ3v) is 6.34. The molecule has 0 aromatic rings. The lowest BCUT2D eigenvalue weighted by Crippen LogP contribution is -2.69. The molecule has 0 aromatic heterocycles. The van der Waals surface area contributed by atoms with E-state index in [1.54, 1.807) is 0 Å². The summed E-state index contributed by atoms with van der Waals surface area (Å²) in [6.07, 6.45) is 0.676. The smallest absolute Gasteiger partial charge is 0.0984 e. The number of aliphatic hydroxyl groups is 5. The van der Waals surface area contributed by atoms with E-state index in [-0.39, 0.29) is 37.6 Å². The number of aliphatic hydroxyl groups excluding tert-OH is 3. The van der Waals surface area contributed by atoms with E-state index in [0.717, 1.165) is 25.8 Å². The van der Waals surface area contributed by atoms with Gasteiger partial charge in [0.15, 0.2) is 0 Å². The van der Waals surface area contributed by atoms with Gasteiger partial charge in [-0.25, -0.2) is 0 Å². The topological polar surface area (TPSA) is 104 Å². The van der Waals surface area contributed by atoms with Crippen LogP contribution in [0.25, 0.3) is 0 Å². The van der Waals surface area contributed by atoms with E-state index < -0.39 is 29.5 Å². The maximum atomic E-state index is 11.0. The predicted octanol–water partition coefficient (Wildman–Crippen LogP) is -0.781. The van der Waals surface area contributed by atoms with Crippen LogP contribution in [0.4, 0.5) is 0 Å². The molecule has 3 aliphatic rings. The maximum absolute atomic E-state index is 11.0. The molecule has 0 spiro atoms. The standard InChI is InChI=1S/C16H29NO5/c1-17-5-3-2-4-11(17)10-6-15(21)8-13(19)14(20)9-16(15,22)7-12(10)18/h10-14,18-22H,2-9H2,1H3. The van der Waals surface area contributed by atoms with E-state index in [9.17, 15) is 25.5 Å². The van der Waals surface area contributed by atoms with Crippen molar-refractivity contribution in [3.05, 3.63) is 0 Å². The van der Waals surface area contributed by atoms with E-state index in [1.165, 1.54) is 0 Å². The Labute approximate surface area is 131 Å². The van der Waals surface area contributed by atoms with E-state index >= 15 is 0 Å². The third-order valence-electron chi connectivity index (χ3n) is 6.34. The zero-order valence-electron chi connectivity index (χ0n) is 13.2. The van der Waals surface area contributed by atoms with Gasteiger partial charge in [-0.1, -0.05) is 6.42 Å². The minimum Gasteiger partial charge on any atom is -0.393 e. The number of hydrogen-bond donors (Lipinski definition) is 5. The lowest BCUT2D eigenvalue weighted by Gasteiger charge is -2.57. The Morgan fingerprint density at radius 1 is 0.818 bits per heavy atom. The van der Waals surface area contributed by atoms with E-state index in [0.29, 0.717) is 0 Å². The molecular weight excluding hydrogens is 286 g/mol. The second-order valence-electron chi connectivity index (χ2n) is 7.79. The number of likely N-dealkylation sites (tertiary alicyclic amines) is 1. The molecule has 3 rings (SSSR count). The number of nitrogens with zero attached hydrogens (tertiary/aromatic N) is 1. The first kappa shape index (κ1) is 16.6. The van der Waals surface area contributed by atoms with Gasteiger partial charge in [-0.3, -0.25) is 0 Å². The van der Waals surface area contributed by atoms with Gasteiger partial charge < -0.3 is 30.4 Å². The van der Waals surface area contributed by atoms with E-state index in [1.807, 2.05) is 7.05 Å². The van der Waals surface area contributed by atoms with Crippen LogP contribution in [0.5, 0.6) is 0 Å². The average molecular weight is 315 g/mol. The maximum Gasteiger partial charge on any atom is 0.0984 e. The summed E-state index contributed by atoms with van der Waals surface area (Å²) in [4.78, 5) is 2.24. The molecule has 1 heterocycles. The Hall–Kier alpha value is -0.240. The lowest BCUT2D eigenvalue weighted by molar-refractivity contribution is -0.264. The first-order valence-corrected chi connectivity index (χ1v) is 8.45. The van der Waals surface area contributed by atoms with Gasteiger partial charge in [0.05, 0.1) is 29.5 Å². The fraction of sp³-hybridized carbons (Fsp3) is 1.00. The summed E-state index contributed by atoms with van der Waals surface area (Å²) < 4.78 is 0. The highest BCUT2D eigenvalue weighted by Crippen LogP contribution is 2.50. The van der Waals surface area contributed by atoms with E-state index in [4.69, 9.17) is 0 Å². The molecule has 7 atom stereocenters. The Morgan fingerprint density at radius 2 is 1.36 bits per heavy atom. The van der Waals surface area contributed by atoms with Crippen LogP contribution in [0.2, 0.25) is 0 Å². The first-order chi connectivity index (χ1) is 10.3. The second-order valence-corrected chi connectivity index (χ2v) is 7.79. The average Bonchev–Trinajstić information content (AvgIpc) is 2.42. The molecule has 0 aromatic carbocycles. The molecule has 7 unspecified atom stereocenters. The number of fused-ring (bicyclic) bond motifs is 1. The molecule has 0 bridgehead atoms. The monoisotopic (exact) mass is 315 g/mol. The van der Waals surface area contributed by atoms with Crippen LogP contribution >= 0.6 is 0 Å². The van der Waals surface area contributed by atoms with Crippen LogP contribution in [-0.4, -0.2) is 79.6 Å². The number of piperidine rings is 1. The van der Waals surface area contributed by atoms with E-state index in [2.05, 4.69) is 4.90 Å². The molecule has 1 saturated heterocycles. The van der Waals surface area contributed by atoms with Gasteiger partial charge in [0.25, 0.3) is 0 Å². The van der Waals surface area contributed by atoms with Crippen molar-refractivity contribution in [2.24, 2.45) is 5.92 Å². The zero-order valence-corrected chi connectivity index (χ0v) is 13.2. The van der Waals surface area contributed by atoms with Crippen molar-refractivity contribution in [2.75, 3.05) is 13.6 Å². The SMILES string of the molecule is CN1CCCCC1C1CC2(O)CC(O)C(O)CC2(O)CC1O. The molecule has 6 nitrogen and oxygen atoms in total. The third kappa shape index (κ3) is 2.60. The quantitative estimate of drug-likeness (QED) is 0.435. The molecule has 128 valence electrons. The Balaban J connectivity index is 1.83. The highest BCUT2D eigenvalue weighted by atomic mass is 16.4.